The fourth-order valence-electron chi connectivity index (χ4n) is 1.16. The second-order valence-corrected chi connectivity index (χ2v) is 3.97. The van der Waals surface area contributed by atoms with Crippen LogP contribution in [0.4, 0.5) is 10.1 Å². The van der Waals surface area contributed by atoms with Crippen LogP contribution in [0.15, 0.2) is 12.3 Å². The molecule has 0 aliphatic heterocycles. The average Bonchev–Trinajstić information content (AvgIpc) is 2.08. The number of halogens is 1. The third-order valence-electron chi connectivity index (χ3n) is 1.61. The number of hydrogen-bond donors (Lipinski definition) is 1. The molecule has 0 fully saturated rings. The Hall–Kier alpha value is -1.32. The summed E-state index contributed by atoms with van der Waals surface area (Å²) in [5, 5.41) is 3.09. The van der Waals surface area contributed by atoms with Gasteiger partial charge in [0.25, 0.3) is 0 Å². The van der Waals surface area contributed by atoms with E-state index in [4.69, 9.17) is 4.74 Å². The van der Waals surface area contributed by atoms with Crippen LogP contribution < -0.4 is 10.1 Å². The molecule has 1 rings (SSSR count). The van der Waals surface area contributed by atoms with Crippen molar-refractivity contribution in [2.75, 3.05) is 5.32 Å². The molecule has 0 saturated carbocycles. The molecule has 0 atom stereocenters. The zero-order chi connectivity index (χ0) is 11.4. The highest BCUT2D eigenvalue weighted by Crippen LogP contribution is 2.23. The number of anilines is 1. The summed E-state index contributed by atoms with van der Waals surface area (Å²) in [6.45, 7) is 7.77. The molecule has 0 unspecified atom stereocenters. The van der Waals surface area contributed by atoms with E-state index < -0.39 is 0 Å². The van der Waals surface area contributed by atoms with Crippen LogP contribution in [0.5, 0.6) is 5.88 Å². The van der Waals surface area contributed by atoms with Gasteiger partial charge in [0.1, 0.15) is 11.5 Å². The Morgan fingerprint density at radius 2 is 2.00 bits per heavy atom. The fourth-order valence-corrected chi connectivity index (χ4v) is 1.16. The van der Waals surface area contributed by atoms with Crippen LogP contribution in [-0.4, -0.2) is 17.1 Å². The third kappa shape index (κ3) is 3.73. The molecule has 1 heterocycles. The van der Waals surface area contributed by atoms with Crippen molar-refractivity contribution in [2.45, 2.75) is 39.8 Å². The van der Waals surface area contributed by atoms with Gasteiger partial charge in [0, 0.05) is 12.1 Å². The van der Waals surface area contributed by atoms with Gasteiger partial charge in [0.2, 0.25) is 5.88 Å². The number of rotatable bonds is 4. The molecule has 3 nitrogen and oxygen atoms in total. The first-order valence-electron chi connectivity index (χ1n) is 5.07. The number of hydrogen-bond acceptors (Lipinski definition) is 3. The van der Waals surface area contributed by atoms with Gasteiger partial charge in [-0.1, -0.05) is 0 Å². The minimum atomic E-state index is -0.366. The predicted molar refractivity (Wildman–Crippen MR) is 58.7 cm³/mol. The molecule has 84 valence electrons. The highest BCUT2D eigenvalue weighted by atomic mass is 19.1. The summed E-state index contributed by atoms with van der Waals surface area (Å²) in [7, 11) is 0. The molecule has 1 aromatic rings. The van der Waals surface area contributed by atoms with Crippen LogP contribution in [0.2, 0.25) is 0 Å². The molecule has 0 bridgehead atoms. The first-order chi connectivity index (χ1) is 6.99. The third-order valence-corrected chi connectivity index (χ3v) is 1.61. The van der Waals surface area contributed by atoms with Crippen molar-refractivity contribution in [1.82, 2.24) is 4.98 Å². The van der Waals surface area contributed by atoms with E-state index in [1.54, 1.807) is 0 Å². The van der Waals surface area contributed by atoms with E-state index in [0.717, 1.165) is 6.20 Å². The summed E-state index contributed by atoms with van der Waals surface area (Å²) < 4.78 is 18.4. The Balaban J connectivity index is 2.92. The van der Waals surface area contributed by atoms with Crippen molar-refractivity contribution in [3.05, 3.63) is 18.1 Å². The topological polar surface area (TPSA) is 34.2 Å². The van der Waals surface area contributed by atoms with E-state index in [-0.39, 0.29) is 18.0 Å². The Morgan fingerprint density at radius 3 is 2.53 bits per heavy atom. The number of pyridine rings is 1. The largest absolute Gasteiger partial charge is 0.473 e. The maximum atomic E-state index is 13.0. The summed E-state index contributed by atoms with van der Waals surface area (Å²) in [5.41, 5.74) is 0.596. The maximum Gasteiger partial charge on any atom is 0.237 e. The Bertz CT molecular complexity index is 326. The van der Waals surface area contributed by atoms with Crippen LogP contribution >= 0.6 is 0 Å². The molecule has 0 spiro atoms. The highest BCUT2D eigenvalue weighted by molar-refractivity contribution is 5.52. The van der Waals surface area contributed by atoms with Gasteiger partial charge in [0.05, 0.1) is 12.3 Å². The number of ether oxygens (including phenoxy) is 1. The molecule has 1 aromatic heterocycles. The van der Waals surface area contributed by atoms with Gasteiger partial charge < -0.3 is 10.1 Å². The monoisotopic (exact) mass is 212 g/mol. The summed E-state index contributed by atoms with van der Waals surface area (Å²) in [4.78, 5) is 3.91. The second kappa shape index (κ2) is 4.96. The number of nitrogens with one attached hydrogen (secondary N) is 1. The van der Waals surface area contributed by atoms with E-state index >= 15 is 0 Å². The van der Waals surface area contributed by atoms with Crippen molar-refractivity contribution < 1.29 is 9.13 Å². The van der Waals surface area contributed by atoms with Gasteiger partial charge in [-0.15, -0.1) is 0 Å². The molecule has 0 amide bonds. The first kappa shape index (κ1) is 11.8. The molecular weight excluding hydrogens is 195 g/mol. The predicted octanol–water partition coefficient (Wildman–Crippen LogP) is 2.83. The van der Waals surface area contributed by atoms with E-state index in [1.807, 2.05) is 27.7 Å². The van der Waals surface area contributed by atoms with Crippen LogP contribution in [0.3, 0.4) is 0 Å². The van der Waals surface area contributed by atoms with Gasteiger partial charge in [-0.3, -0.25) is 0 Å². The maximum absolute atomic E-state index is 13.0. The summed E-state index contributed by atoms with van der Waals surface area (Å²) >= 11 is 0. The van der Waals surface area contributed by atoms with E-state index in [9.17, 15) is 4.39 Å². The lowest BCUT2D eigenvalue weighted by atomic mass is 10.3. The molecule has 0 aromatic carbocycles. The normalized spacial score (nSPS) is 10.9. The van der Waals surface area contributed by atoms with Crippen molar-refractivity contribution in [2.24, 2.45) is 0 Å². The number of nitrogens with zero attached hydrogens (tertiary/aromatic N) is 1. The molecule has 0 aliphatic rings. The minimum Gasteiger partial charge on any atom is -0.473 e. The van der Waals surface area contributed by atoms with Gasteiger partial charge in [0.15, 0.2) is 0 Å². The van der Waals surface area contributed by atoms with E-state index in [1.165, 1.54) is 6.07 Å². The van der Waals surface area contributed by atoms with Crippen molar-refractivity contribution in [3.8, 4) is 5.88 Å². The summed E-state index contributed by atoms with van der Waals surface area (Å²) in [6.07, 6.45) is 1.18. The Morgan fingerprint density at radius 1 is 1.33 bits per heavy atom. The van der Waals surface area contributed by atoms with E-state index in [0.29, 0.717) is 11.6 Å². The van der Waals surface area contributed by atoms with Gasteiger partial charge in [-0.05, 0) is 27.7 Å². The average molecular weight is 212 g/mol. The molecule has 1 N–H and O–H groups in total. The quantitative estimate of drug-likeness (QED) is 0.833. The van der Waals surface area contributed by atoms with Crippen molar-refractivity contribution in [1.29, 1.82) is 0 Å². The van der Waals surface area contributed by atoms with Crippen molar-refractivity contribution >= 4 is 5.69 Å². The van der Waals surface area contributed by atoms with Gasteiger partial charge in [-0.2, -0.15) is 0 Å². The van der Waals surface area contributed by atoms with Crippen LogP contribution in [0.1, 0.15) is 27.7 Å². The first-order valence-corrected chi connectivity index (χ1v) is 5.07. The zero-order valence-corrected chi connectivity index (χ0v) is 9.54. The van der Waals surface area contributed by atoms with Crippen LogP contribution in [0.25, 0.3) is 0 Å². The van der Waals surface area contributed by atoms with Crippen LogP contribution in [-0.2, 0) is 0 Å². The standard InChI is InChI=1S/C11H17FN2O/c1-7(2)14-10-5-9(12)6-13-11(10)15-8(3)4/h5-8,14H,1-4H3. The number of aromatic nitrogens is 1. The zero-order valence-electron chi connectivity index (χ0n) is 9.54. The Kier molecular flexibility index (Phi) is 3.88. The smallest absolute Gasteiger partial charge is 0.237 e. The molecule has 0 saturated heterocycles. The lowest BCUT2D eigenvalue weighted by Crippen LogP contribution is -2.14. The highest BCUT2D eigenvalue weighted by Gasteiger charge is 2.09. The van der Waals surface area contributed by atoms with Gasteiger partial charge in [-0.25, -0.2) is 9.37 Å². The lowest BCUT2D eigenvalue weighted by molar-refractivity contribution is 0.233. The Labute approximate surface area is 89.7 Å². The molecular formula is C11H17FN2O. The SMILES string of the molecule is CC(C)Nc1cc(F)cnc1OC(C)C. The van der Waals surface area contributed by atoms with Crippen LogP contribution in [0, 0.1) is 5.82 Å². The second-order valence-electron chi connectivity index (χ2n) is 3.97. The minimum absolute atomic E-state index is 0.0238. The van der Waals surface area contributed by atoms with Gasteiger partial charge >= 0.3 is 0 Å². The van der Waals surface area contributed by atoms with Crippen molar-refractivity contribution in [3.63, 3.8) is 0 Å². The lowest BCUT2D eigenvalue weighted by Gasteiger charge is -2.16. The fraction of sp³-hybridized carbons (Fsp3) is 0.545. The summed E-state index contributed by atoms with van der Waals surface area (Å²) in [5.74, 6) is 0.0781. The summed E-state index contributed by atoms with van der Waals surface area (Å²) in [6, 6.07) is 1.60. The molecule has 0 aliphatic carbocycles. The molecule has 0 radical (unpaired) electrons. The molecule has 4 heteroatoms. The molecule has 15 heavy (non-hydrogen) atoms. The van der Waals surface area contributed by atoms with E-state index in [2.05, 4.69) is 10.3 Å².